The molecule has 0 N–H and O–H groups in total. The Morgan fingerprint density at radius 2 is 2.00 bits per heavy atom. The maximum absolute atomic E-state index is 12.9. The standard InChI is InChI=1S/C17H19NO2S/c19-17(15-3-7-18-5-1-12(15)2-6-18)16-9-14(11-21-16)13-4-8-20-10-13/h4,8-12,15H,1-3,5-7H2. The molecule has 0 radical (unpaired) electrons. The molecule has 2 bridgehead atoms. The van der Waals surface area contributed by atoms with Gasteiger partial charge in [-0.25, -0.2) is 0 Å². The lowest BCUT2D eigenvalue weighted by atomic mass is 9.82. The molecule has 21 heavy (non-hydrogen) atoms. The van der Waals surface area contributed by atoms with Crippen LogP contribution in [0.3, 0.4) is 0 Å². The van der Waals surface area contributed by atoms with Crippen LogP contribution < -0.4 is 0 Å². The average Bonchev–Trinajstić information content (AvgIpc) is 3.12. The highest BCUT2D eigenvalue weighted by Gasteiger charge is 2.35. The van der Waals surface area contributed by atoms with Crippen LogP contribution >= 0.6 is 11.3 Å². The number of furan rings is 1. The molecule has 0 aliphatic carbocycles. The summed E-state index contributed by atoms with van der Waals surface area (Å²) in [6, 6.07) is 3.98. The number of rotatable bonds is 3. The minimum absolute atomic E-state index is 0.230. The number of fused-ring (bicyclic) bond motifs is 4. The fraction of sp³-hybridized carbons (Fsp3) is 0.471. The van der Waals surface area contributed by atoms with Crippen molar-refractivity contribution in [1.29, 1.82) is 0 Å². The molecule has 0 aromatic carbocycles. The molecule has 4 heteroatoms. The Morgan fingerprint density at radius 3 is 2.76 bits per heavy atom. The Bertz CT molecular complexity index is 623. The molecular weight excluding hydrogens is 282 g/mol. The highest BCUT2D eigenvalue weighted by Crippen LogP contribution is 2.36. The zero-order valence-electron chi connectivity index (χ0n) is 12.0. The predicted molar refractivity (Wildman–Crippen MR) is 83.6 cm³/mol. The van der Waals surface area contributed by atoms with Crippen LogP contribution in [0.15, 0.2) is 34.5 Å². The normalized spacial score (nSPS) is 28.5. The summed E-state index contributed by atoms with van der Waals surface area (Å²) in [4.78, 5) is 16.3. The number of hydrogen-bond donors (Lipinski definition) is 0. The van der Waals surface area contributed by atoms with Gasteiger partial charge in [-0.15, -0.1) is 11.3 Å². The Morgan fingerprint density at radius 1 is 1.19 bits per heavy atom. The van der Waals surface area contributed by atoms with Crippen LogP contribution in [-0.2, 0) is 0 Å². The third kappa shape index (κ3) is 2.47. The van der Waals surface area contributed by atoms with E-state index in [-0.39, 0.29) is 5.92 Å². The lowest BCUT2D eigenvalue weighted by molar-refractivity contribution is 0.0864. The van der Waals surface area contributed by atoms with Crippen LogP contribution in [0.4, 0.5) is 0 Å². The Labute approximate surface area is 128 Å². The molecule has 5 heterocycles. The smallest absolute Gasteiger partial charge is 0.176 e. The van der Waals surface area contributed by atoms with Crippen LogP contribution in [-0.4, -0.2) is 30.3 Å². The Kier molecular flexibility index (Phi) is 3.43. The SMILES string of the molecule is O=C(c1cc(-c2ccoc2)cs1)C1CCN2CCC1CC2. The van der Waals surface area contributed by atoms with Crippen LogP contribution in [0.1, 0.15) is 28.9 Å². The first-order valence-electron chi connectivity index (χ1n) is 7.69. The van der Waals surface area contributed by atoms with Gasteiger partial charge in [-0.1, -0.05) is 0 Å². The van der Waals surface area contributed by atoms with E-state index in [1.54, 1.807) is 23.9 Å². The molecule has 2 aromatic rings. The first-order valence-corrected chi connectivity index (χ1v) is 8.57. The number of thiophene rings is 1. The van der Waals surface area contributed by atoms with Gasteiger partial charge in [0.1, 0.15) is 0 Å². The summed E-state index contributed by atoms with van der Waals surface area (Å²) in [5.74, 6) is 1.19. The summed E-state index contributed by atoms with van der Waals surface area (Å²) < 4.78 is 5.13. The second kappa shape index (κ2) is 5.43. The van der Waals surface area contributed by atoms with E-state index in [0.29, 0.717) is 11.7 Å². The topological polar surface area (TPSA) is 33.5 Å². The second-order valence-corrected chi connectivity index (χ2v) is 7.06. The number of Topliss-reactive ketones (excluding diaryl/α,β-unsaturated/α-hetero) is 1. The molecule has 5 rings (SSSR count). The van der Waals surface area contributed by atoms with Crippen LogP contribution in [0.2, 0.25) is 0 Å². The van der Waals surface area contributed by atoms with Crippen molar-refractivity contribution in [1.82, 2.24) is 4.90 Å². The third-order valence-corrected chi connectivity index (χ3v) is 5.94. The van der Waals surface area contributed by atoms with Crippen LogP contribution in [0.5, 0.6) is 0 Å². The van der Waals surface area contributed by atoms with Gasteiger partial charge in [0.15, 0.2) is 5.78 Å². The van der Waals surface area contributed by atoms with Gasteiger partial charge in [0.05, 0.1) is 17.4 Å². The number of carbonyl (C=O) groups excluding carboxylic acids is 1. The van der Waals surface area contributed by atoms with E-state index in [1.165, 1.54) is 25.9 Å². The monoisotopic (exact) mass is 301 g/mol. The maximum Gasteiger partial charge on any atom is 0.176 e. The first kappa shape index (κ1) is 13.3. The summed E-state index contributed by atoms with van der Waals surface area (Å²) in [7, 11) is 0. The van der Waals surface area contributed by atoms with Gasteiger partial charge >= 0.3 is 0 Å². The van der Waals surface area contributed by atoms with Crippen LogP contribution in [0, 0.1) is 11.8 Å². The highest BCUT2D eigenvalue weighted by atomic mass is 32.1. The van der Waals surface area contributed by atoms with Crippen molar-refractivity contribution in [3.63, 3.8) is 0 Å². The summed E-state index contributed by atoms with van der Waals surface area (Å²) in [5.41, 5.74) is 2.15. The summed E-state index contributed by atoms with van der Waals surface area (Å²) >= 11 is 1.58. The lowest BCUT2D eigenvalue weighted by Crippen LogP contribution is -2.31. The highest BCUT2D eigenvalue weighted by molar-refractivity contribution is 7.12. The third-order valence-electron chi connectivity index (χ3n) is 4.99. The van der Waals surface area contributed by atoms with Crippen molar-refractivity contribution in [2.75, 3.05) is 19.6 Å². The van der Waals surface area contributed by atoms with Crippen LogP contribution in [0.25, 0.3) is 11.1 Å². The average molecular weight is 301 g/mol. The van der Waals surface area contributed by atoms with Crippen molar-refractivity contribution in [3.05, 3.63) is 34.9 Å². The molecule has 0 spiro atoms. The van der Waals surface area contributed by atoms with Gasteiger partial charge in [0.25, 0.3) is 0 Å². The number of hydrogen-bond acceptors (Lipinski definition) is 4. The minimum atomic E-state index is 0.230. The fourth-order valence-electron chi connectivity index (χ4n) is 3.71. The Balaban J connectivity index is 1.57. The van der Waals surface area contributed by atoms with E-state index in [9.17, 15) is 4.79 Å². The van der Waals surface area contributed by atoms with Gasteiger partial charge in [0, 0.05) is 11.5 Å². The van der Waals surface area contributed by atoms with Crippen molar-refractivity contribution >= 4 is 17.1 Å². The molecule has 3 saturated heterocycles. The molecule has 0 saturated carbocycles. The van der Waals surface area contributed by atoms with Gasteiger partial charge in [-0.3, -0.25) is 4.79 Å². The molecule has 3 aliphatic heterocycles. The molecule has 110 valence electrons. The molecule has 1 atom stereocenters. The second-order valence-electron chi connectivity index (χ2n) is 6.15. The molecule has 3 aliphatic rings. The van der Waals surface area contributed by atoms with E-state index >= 15 is 0 Å². The fourth-order valence-corrected chi connectivity index (χ4v) is 4.63. The molecular formula is C17H19NO2S. The number of nitrogens with zero attached hydrogens (tertiary/aromatic N) is 1. The van der Waals surface area contributed by atoms with E-state index in [1.807, 2.05) is 12.1 Å². The maximum atomic E-state index is 12.9. The van der Waals surface area contributed by atoms with Crippen molar-refractivity contribution in [2.45, 2.75) is 19.3 Å². The molecule has 1 unspecified atom stereocenters. The number of piperidine rings is 1. The van der Waals surface area contributed by atoms with Crippen molar-refractivity contribution in [2.24, 2.45) is 11.8 Å². The zero-order valence-corrected chi connectivity index (χ0v) is 12.8. The molecule has 2 aromatic heterocycles. The van der Waals surface area contributed by atoms with Crippen molar-refractivity contribution < 1.29 is 9.21 Å². The van der Waals surface area contributed by atoms with Gasteiger partial charge < -0.3 is 9.32 Å². The summed E-state index contributed by atoms with van der Waals surface area (Å²) in [6.07, 6.45) is 6.82. The van der Waals surface area contributed by atoms with E-state index in [4.69, 9.17) is 4.42 Å². The van der Waals surface area contributed by atoms with E-state index in [2.05, 4.69) is 10.3 Å². The minimum Gasteiger partial charge on any atom is -0.472 e. The summed E-state index contributed by atoms with van der Waals surface area (Å²) in [5, 5.41) is 2.07. The molecule has 3 fully saturated rings. The van der Waals surface area contributed by atoms with E-state index in [0.717, 1.165) is 29.0 Å². The van der Waals surface area contributed by atoms with Gasteiger partial charge in [0.2, 0.25) is 0 Å². The largest absolute Gasteiger partial charge is 0.472 e. The molecule has 0 amide bonds. The Hall–Kier alpha value is -1.39. The molecule has 3 nitrogen and oxygen atoms in total. The van der Waals surface area contributed by atoms with Crippen molar-refractivity contribution in [3.8, 4) is 11.1 Å². The van der Waals surface area contributed by atoms with Gasteiger partial charge in [-0.2, -0.15) is 0 Å². The zero-order chi connectivity index (χ0) is 14.2. The quantitative estimate of drug-likeness (QED) is 0.806. The lowest BCUT2D eigenvalue weighted by Gasteiger charge is -2.28. The number of ketones is 1. The number of carbonyl (C=O) groups is 1. The summed E-state index contributed by atoms with van der Waals surface area (Å²) in [6.45, 7) is 3.45. The first-order chi connectivity index (χ1) is 10.3. The van der Waals surface area contributed by atoms with E-state index < -0.39 is 0 Å². The van der Waals surface area contributed by atoms with Gasteiger partial charge in [-0.05, 0) is 67.9 Å². The predicted octanol–water partition coefficient (Wildman–Crippen LogP) is 3.92.